The molecule has 5 heterocycles. The molecule has 21 heavy (non-hydrogen) atoms. The molecule has 4 fully saturated rings. The fraction of sp³-hybridized carbons (Fsp3) is 0.938. The molecule has 0 aromatic heterocycles. The second-order valence-electron chi connectivity index (χ2n) is 7.07. The van der Waals surface area contributed by atoms with Crippen LogP contribution >= 0.6 is 0 Å². The van der Waals surface area contributed by atoms with Crippen LogP contribution in [0.25, 0.3) is 0 Å². The molecule has 0 aromatic rings. The molecule has 118 valence electrons. The first-order valence-electron chi connectivity index (χ1n) is 8.70. The van der Waals surface area contributed by atoms with Gasteiger partial charge < -0.3 is 14.5 Å². The number of hydrogen-bond acceptors (Lipinski definition) is 5. The molecular weight excluding hydrogens is 266 g/mol. The van der Waals surface area contributed by atoms with Gasteiger partial charge >= 0.3 is 0 Å². The van der Waals surface area contributed by atoms with Crippen molar-refractivity contribution in [1.82, 2.24) is 9.80 Å². The third kappa shape index (κ3) is 3.04. The molecule has 5 rings (SSSR count). The molecule has 4 saturated heterocycles. The first kappa shape index (κ1) is 13.8. The lowest BCUT2D eigenvalue weighted by Crippen LogP contribution is -2.52. The fourth-order valence-corrected chi connectivity index (χ4v) is 4.33. The number of likely N-dealkylation sites (tertiary alicyclic amines) is 1. The summed E-state index contributed by atoms with van der Waals surface area (Å²) in [6.07, 6.45) is 6.80. The Morgan fingerprint density at radius 2 is 1.86 bits per heavy atom. The van der Waals surface area contributed by atoms with Gasteiger partial charge in [-0.05, 0) is 57.8 Å². The smallest absolute Gasteiger partial charge is 0.230 e. The number of ether oxygens (including phenoxy) is 1. The van der Waals surface area contributed by atoms with Gasteiger partial charge in [0.2, 0.25) is 5.90 Å². The summed E-state index contributed by atoms with van der Waals surface area (Å²) in [5.41, 5.74) is 0. The molecule has 0 saturated carbocycles. The summed E-state index contributed by atoms with van der Waals surface area (Å²) in [7, 11) is 0. The zero-order valence-corrected chi connectivity index (χ0v) is 12.9. The van der Waals surface area contributed by atoms with Gasteiger partial charge in [0.1, 0.15) is 6.10 Å². The van der Waals surface area contributed by atoms with E-state index >= 15 is 0 Å². The minimum Gasteiger partial charge on any atom is -0.470 e. The van der Waals surface area contributed by atoms with Gasteiger partial charge in [0.05, 0.1) is 5.92 Å². The normalized spacial score (nSPS) is 40.3. The van der Waals surface area contributed by atoms with Crippen LogP contribution in [0.5, 0.6) is 0 Å². The minimum absolute atomic E-state index is 0.172. The maximum absolute atomic E-state index is 6.24. The molecule has 5 nitrogen and oxygen atoms in total. The fourth-order valence-electron chi connectivity index (χ4n) is 4.33. The van der Waals surface area contributed by atoms with Crippen molar-refractivity contribution < 1.29 is 9.57 Å². The Kier molecular flexibility index (Phi) is 4.03. The van der Waals surface area contributed by atoms with E-state index in [2.05, 4.69) is 15.0 Å². The van der Waals surface area contributed by atoms with E-state index in [1.165, 1.54) is 58.3 Å². The SMILES string of the molecule is C1CCN(CC2CON=C(C3CN4CCC3CC4)O2)CC1. The number of fused-ring (bicyclic) bond motifs is 3. The van der Waals surface area contributed by atoms with E-state index in [1.54, 1.807) is 0 Å². The summed E-state index contributed by atoms with van der Waals surface area (Å²) >= 11 is 0. The van der Waals surface area contributed by atoms with Gasteiger partial charge in [-0.3, -0.25) is 4.90 Å². The van der Waals surface area contributed by atoms with Crippen LogP contribution in [0.2, 0.25) is 0 Å². The molecule has 0 aliphatic carbocycles. The number of hydrogen-bond donors (Lipinski definition) is 0. The maximum Gasteiger partial charge on any atom is 0.230 e. The highest BCUT2D eigenvalue weighted by molar-refractivity contribution is 5.79. The average molecular weight is 293 g/mol. The Hall–Kier alpha value is -0.810. The van der Waals surface area contributed by atoms with E-state index in [0.29, 0.717) is 12.5 Å². The molecule has 2 bridgehead atoms. The standard InChI is InChI=1S/C16H27N3O2/c1-2-6-18(7-3-1)10-14-12-20-17-16(21-14)15-11-19-8-4-13(15)5-9-19/h13-15H,1-12H2. The molecule has 2 atom stereocenters. The topological polar surface area (TPSA) is 37.3 Å². The van der Waals surface area contributed by atoms with Crippen molar-refractivity contribution in [2.24, 2.45) is 17.0 Å². The van der Waals surface area contributed by atoms with Crippen LogP contribution in [0.4, 0.5) is 0 Å². The summed E-state index contributed by atoms with van der Waals surface area (Å²) in [6.45, 7) is 7.67. The Labute approximate surface area is 127 Å². The van der Waals surface area contributed by atoms with Crippen molar-refractivity contribution in [1.29, 1.82) is 0 Å². The predicted octanol–water partition coefficient (Wildman–Crippen LogP) is 1.54. The second kappa shape index (κ2) is 6.13. The summed E-state index contributed by atoms with van der Waals surface area (Å²) in [5, 5.41) is 4.26. The Balaban J connectivity index is 1.35. The van der Waals surface area contributed by atoms with Crippen LogP contribution in [-0.4, -0.2) is 67.7 Å². The lowest BCUT2D eigenvalue weighted by molar-refractivity contribution is -0.0273. The van der Waals surface area contributed by atoms with E-state index in [4.69, 9.17) is 9.57 Å². The van der Waals surface area contributed by atoms with E-state index in [-0.39, 0.29) is 6.10 Å². The molecule has 5 aliphatic heterocycles. The van der Waals surface area contributed by atoms with Crippen LogP contribution in [0.1, 0.15) is 32.1 Å². The van der Waals surface area contributed by atoms with E-state index in [1.807, 2.05) is 0 Å². The Morgan fingerprint density at radius 3 is 2.57 bits per heavy atom. The van der Waals surface area contributed by atoms with Crippen LogP contribution in [-0.2, 0) is 9.57 Å². The third-order valence-corrected chi connectivity index (χ3v) is 5.59. The van der Waals surface area contributed by atoms with Gasteiger partial charge in [-0.1, -0.05) is 11.6 Å². The zero-order valence-electron chi connectivity index (χ0n) is 12.9. The third-order valence-electron chi connectivity index (χ3n) is 5.59. The molecule has 0 spiro atoms. The first-order chi connectivity index (χ1) is 10.4. The first-order valence-corrected chi connectivity index (χ1v) is 8.70. The number of nitrogens with zero attached hydrogens (tertiary/aromatic N) is 3. The van der Waals surface area contributed by atoms with Crippen LogP contribution in [0, 0.1) is 11.8 Å². The Bertz CT molecular complexity index is 387. The molecule has 2 unspecified atom stereocenters. The summed E-state index contributed by atoms with van der Waals surface area (Å²) < 4.78 is 6.24. The van der Waals surface area contributed by atoms with E-state index in [0.717, 1.165) is 24.9 Å². The van der Waals surface area contributed by atoms with Crippen molar-refractivity contribution in [3.05, 3.63) is 0 Å². The Morgan fingerprint density at radius 1 is 1.05 bits per heavy atom. The van der Waals surface area contributed by atoms with Crippen LogP contribution < -0.4 is 0 Å². The average Bonchev–Trinajstić information content (AvgIpc) is 2.57. The van der Waals surface area contributed by atoms with Crippen molar-refractivity contribution >= 4 is 5.90 Å². The molecule has 5 heteroatoms. The van der Waals surface area contributed by atoms with Gasteiger partial charge in [0.25, 0.3) is 0 Å². The summed E-state index contributed by atoms with van der Waals surface area (Å²) in [6, 6.07) is 0. The maximum atomic E-state index is 6.24. The van der Waals surface area contributed by atoms with Crippen LogP contribution in [0.3, 0.4) is 0 Å². The highest BCUT2D eigenvalue weighted by Gasteiger charge is 2.40. The molecule has 0 N–H and O–H groups in total. The van der Waals surface area contributed by atoms with Gasteiger partial charge in [0, 0.05) is 13.1 Å². The van der Waals surface area contributed by atoms with Crippen molar-refractivity contribution in [2.45, 2.75) is 38.2 Å². The monoisotopic (exact) mass is 293 g/mol. The predicted molar refractivity (Wildman–Crippen MR) is 81.2 cm³/mol. The summed E-state index contributed by atoms with van der Waals surface area (Å²) in [4.78, 5) is 10.6. The summed E-state index contributed by atoms with van der Waals surface area (Å²) in [5.74, 6) is 2.11. The highest BCUT2D eigenvalue weighted by Crippen LogP contribution is 2.34. The molecule has 0 amide bonds. The zero-order chi connectivity index (χ0) is 14.1. The van der Waals surface area contributed by atoms with Crippen LogP contribution in [0.15, 0.2) is 5.16 Å². The number of rotatable bonds is 3. The highest BCUT2D eigenvalue weighted by atomic mass is 16.7. The minimum atomic E-state index is 0.172. The second-order valence-corrected chi connectivity index (χ2v) is 7.07. The molecule has 0 aromatic carbocycles. The van der Waals surface area contributed by atoms with Gasteiger partial charge in [-0.15, -0.1) is 0 Å². The van der Waals surface area contributed by atoms with E-state index in [9.17, 15) is 0 Å². The molecule has 5 aliphatic rings. The van der Waals surface area contributed by atoms with Crippen molar-refractivity contribution in [3.63, 3.8) is 0 Å². The van der Waals surface area contributed by atoms with E-state index < -0.39 is 0 Å². The molecular formula is C16H27N3O2. The lowest BCUT2D eigenvalue weighted by Gasteiger charge is -2.45. The van der Waals surface area contributed by atoms with Crippen molar-refractivity contribution in [2.75, 3.05) is 45.9 Å². The quantitative estimate of drug-likeness (QED) is 0.791. The van der Waals surface area contributed by atoms with Gasteiger partial charge in [-0.25, -0.2) is 0 Å². The number of piperidine rings is 4. The number of oxime groups is 1. The largest absolute Gasteiger partial charge is 0.470 e. The lowest BCUT2D eigenvalue weighted by atomic mass is 9.79. The molecule has 0 radical (unpaired) electrons. The van der Waals surface area contributed by atoms with Gasteiger partial charge in [-0.2, -0.15) is 0 Å². The van der Waals surface area contributed by atoms with Gasteiger partial charge in [0.15, 0.2) is 6.61 Å². The van der Waals surface area contributed by atoms with Crippen molar-refractivity contribution in [3.8, 4) is 0 Å².